The molecular weight excluding hydrogens is 351 g/mol. The quantitative estimate of drug-likeness (QED) is 0.474. The van der Waals surface area contributed by atoms with Crippen LogP contribution in [0.4, 0.5) is 0 Å². The van der Waals surface area contributed by atoms with E-state index in [0.717, 1.165) is 12.0 Å². The molecule has 0 fully saturated rings. The molecule has 0 saturated heterocycles. The molecule has 6 heteroatoms. The Morgan fingerprint density at radius 3 is 2.46 bits per heavy atom. The van der Waals surface area contributed by atoms with Crippen LogP contribution in [0.3, 0.4) is 0 Å². The lowest BCUT2D eigenvalue weighted by Crippen LogP contribution is -2.04. The third-order valence-electron chi connectivity index (χ3n) is 3.23. The molecule has 0 unspecified atom stereocenters. The molecule has 2 aromatic carbocycles. The van der Waals surface area contributed by atoms with E-state index in [4.69, 9.17) is 37.4 Å². The summed E-state index contributed by atoms with van der Waals surface area (Å²) in [7, 11) is 1.63. The molecule has 2 rings (SSSR count). The zero-order chi connectivity index (χ0) is 17.4. The number of methoxy groups -OCH3 is 1. The summed E-state index contributed by atoms with van der Waals surface area (Å²) >= 11 is 11.8. The Morgan fingerprint density at radius 1 is 1.04 bits per heavy atom. The van der Waals surface area contributed by atoms with Crippen molar-refractivity contribution in [3.63, 3.8) is 0 Å². The Morgan fingerprint density at radius 2 is 1.79 bits per heavy atom. The summed E-state index contributed by atoms with van der Waals surface area (Å²) in [5.74, 6) is 0.780. The van der Waals surface area contributed by atoms with E-state index >= 15 is 0 Å². The number of benzene rings is 2. The number of ether oxygens (including phenoxy) is 3. The van der Waals surface area contributed by atoms with Gasteiger partial charge in [-0.15, -0.1) is 0 Å². The lowest BCUT2D eigenvalue weighted by molar-refractivity contribution is 0.107. The van der Waals surface area contributed by atoms with E-state index in [0.29, 0.717) is 36.3 Å². The molecule has 24 heavy (non-hydrogen) atoms. The van der Waals surface area contributed by atoms with Crippen LogP contribution in [0.1, 0.15) is 22.3 Å². The Labute approximate surface area is 151 Å². The molecule has 0 saturated carbocycles. The summed E-state index contributed by atoms with van der Waals surface area (Å²) in [6.07, 6.45) is 0.725. The minimum absolute atomic E-state index is 0.210. The molecule has 0 aliphatic carbocycles. The summed E-state index contributed by atoms with van der Waals surface area (Å²) in [5.41, 5.74) is 1.19. The van der Waals surface area contributed by atoms with E-state index in [9.17, 15) is 4.79 Å². The second-order valence-corrected chi connectivity index (χ2v) is 5.77. The number of hydrogen-bond donors (Lipinski definition) is 0. The maximum absolute atomic E-state index is 11.6. The van der Waals surface area contributed by atoms with Crippen molar-refractivity contribution in [1.29, 1.82) is 0 Å². The molecule has 0 aromatic heterocycles. The van der Waals surface area contributed by atoms with Crippen LogP contribution in [0, 0.1) is 0 Å². The summed E-state index contributed by atoms with van der Waals surface area (Å²) < 4.78 is 16.3. The Bertz CT molecular complexity index is 674. The van der Waals surface area contributed by atoms with Gasteiger partial charge in [0.05, 0.1) is 17.2 Å². The molecule has 128 valence electrons. The van der Waals surface area contributed by atoms with Crippen LogP contribution in [-0.4, -0.2) is 25.6 Å². The first-order chi connectivity index (χ1) is 11.6. The molecule has 0 aliphatic rings. The second kappa shape index (κ2) is 9.52. The van der Waals surface area contributed by atoms with Crippen LogP contribution in [0.2, 0.25) is 5.02 Å². The van der Waals surface area contributed by atoms with Crippen LogP contribution in [0.5, 0.6) is 11.5 Å². The van der Waals surface area contributed by atoms with E-state index in [2.05, 4.69) is 0 Å². The van der Waals surface area contributed by atoms with Gasteiger partial charge in [0.1, 0.15) is 18.1 Å². The molecule has 0 amide bonds. The average molecular weight is 369 g/mol. The van der Waals surface area contributed by atoms with Gasteiger partial charge in [0, 0.05) is 26.2 Å². The van der Waals surface area contributed by atoms with Crippen LogP contribution < -0.4 is 9.47 Å². The first-order valence-electron chi connectivity index (χ1n) is 7.43. The van der Waals surface area contributed by atoms with Gasteiger partial charge in [0.15, 0.2) is 0 Å². The van der Waals surface area contributed by atoms with E-state index in [1.54, 1.807) is 13.2 Å². The maximum Gasteiger partial charge on any atom is 0.256 e. The van der Waals surface area contributed by atoms with Gasteiger partial charge in [-0.2, -0.15) is 0 Å². The Balaban J connectivity index is 2.15. The first-order valence-corrected chi connectivity index (χ1v) is 8.19. The van der Waals surface area contributed by atoms with Gasteiger partial charge in [-0.25, -0.2) is 0 Å². The molecule has 0 atom stereocenters. The largest absolute Gasteiger partial charge is 0.492 e. The molecule has 0 N–H and O–H groups in total. The van der Waals surface area contributed by atoms with Crippen LogP contribution in [0.25, 0.3) is 0 Å². The standard InChI is InChI=1S/C18H18Cl2O4/c1-22-8-5-9-23-17-11-16(14(18(20)21)10-15(17)19)24-12-13-6-3-2-4-7-13/h2-4,6-7,10-11H,5,8-9,12H2,1H3. The fourth-order valence-electron chi connectivity index (χ4n) is 2.04. The maximum atomic E-state index is 11.6. The van der Waals surface area contributed by atoms with Crippen molar-refractivity contribution in [2.45, 2.75) is 13.0 Å². The van der Waals surface area contributed by atoms with E-state index in [-0.39, 0.29) is 5.56 Å². The van der Waals surface area contributed by atoms with Crippen molar-refractivity contribution in [1.82, 2.24) is 0 Å². The summed E-state index contributed by atoms with van der Waals surface area (Å²) in [5, 5.41) is -0.325. The van der Waals surface area contributed by atoms with E-state index < -0.39 is 5.24 Å². The van der Waals surface area contributed by atoms with Crippen molar-refractivity contribution in [2.24, 2.45) is 0 Å². The van der Waals surface area contributed by atoms with Gasteiger partial charge in [0.2, 0.25) is 0 Å². The van der Waals surface area contributed by atoms with Crippen LogP contribution in [-0.2, 0) is 11.3 Å². The highest BCUT2D eigenvalue weighted by Crippen LogP contribution is 2.34. The lowest BCUT2D eigenvalue weighted by Gasteiger charge is -2.14. The van der Waals surface area contributed by atoms with Gasteiger partial charge in [-0.1, -0.05) is 41.9 Å². The molecule has 0 heterocycles. The molecule has 0 spiro atoms. The van der Waals surface area contributed by atoms with E-state index in [1.807, 2.05) is 30.3 Å². The van der Waals surface area contributed by atoms with Crippen molar-refractivity contribution in [3.05, 3.63) is 58.6 Å². The average Bonchev–Trinajstić information content (AvgIpc) is 2.59. The monoisotopic (exact) mass is 368 g/mol. The summed E-state index contributed by atoms with van der Waals surface area (Å²) in [6, 6.07) is 12.7. The Hall–Kier alpha value is -1.75. The fraction of sp³-hybridized carbons (Fsp3) is 0.278. The minimum Gasteiger partial charge on any atom is -0.492 e. The number of carbonyl (C=O) groups excluding carboxylic acids is 1. The molecule has 0 aliphatic heterocycles. The SMILES string of the molecule is COCCCOc1cc(OCc2ccccc2)c(C(=O)Cl)cc1Cl. The predicted octanol–water partition coefficient (Wildman–Crippen LogP) is 4.71. The summed E-state index contributed by atoms with van der Waals surface area (Å²) in [4.78, 5) is 11.6. The Kier molecular flexibility index (Phi) is 7.37. The lowest BCUT2D eigenvalue weighted by atomic mass is 10.2. The van der Waals surface area contributed by atoms with Crippen LogP contribution in [0.15, 0.2) is 42.5 Å². The highest BCUT2D eigenvalue weighted by Gasteiger charge is 2.16. The second-order valence-electron chi connectivity index (χ2n) is 5.02. The zero-order valence-corrected chi connectivity index (χ0v) is 14.8. The normalized spacial score (nSPS) is 10.5. The van der Waals surface area contributed by atoms with Crippen molar-refractivity contribution < 1.29 is 19.0 Å². The number of hydrogen-bond acceptors (Lipinski definition) is 4. The highest BCUT2D eigenvalue weighted by molar-refractivity contribution is 6.68. The molecular formula is C18H18Cl2O4. The van der Waals surface area contributed by atoms with Crippen LogP contribution >= 0.6 is 23.2 Å². The topological polar surface area (TPSA) is 44.8 Å². The highest BCUT2D eigenvalue weighted by atomic mass is 35.5. The third kappa shape index (κ3) is 5.41. The minimum atomic E-state index is -0.633. The van der Waals surface area contributed by atoms with Crippen molar-refractivity contribution in [2.75, 3.05) is 20.3 Å². The van der Waals surface area contributed by atoms with Crippen molar-refractivity contribution >= 4 is 28.4 Å². The number of rotatable bonds is 9. The molecule has 2 aromatic rings. The first kappa shape index (κ1) is 18.6. The zero-order valence-electron chi connectivity index (χ0n) is 13.3. The fourth-order valence-corrected chi connectivity index (χ4v) is 2.40. The van der Waals surface area contributed by atoms with Crippen molar-refractivity contribution in [3.8, 4) is 11.5 Å². The number of carbonyl (C=O) groups is 1. The molecule has 0 bridgehead atoms. The molecule has 4 nitrogen and oxygen atoms in total. The third-order valence-corrected chi connectivity index (χ3v) is 3.73. The van der Waals surface area contributed by atoms with Gasteiger partial charge >= 0.3 is 0 Å². The van der Waals surface area contributed by atoms with Gasteiger partial charge < -0.3 is 14.2 Å². The number of halogens is 2. The van der Waals surface area contributed by atoms with E-state index in [1.165, 1.54) is 6.07 Å². The van der Waals surface area contributed by atoms with Gasteiger partial charge in [0.25, 0.3) is 5.24 Å². The molecule has 0 radical (unpaired) electrons. The van der Waals surface area contributed by atoms with Gasteiger partial charge in [-0.05, 0) is 23.2 Å². The smallest absolute Gasteiger partial charge is 0.256 e. The predicted molar refractivity (Wildman–Crippen MR) is 94.4 cm³/mol. The summed E-state index contributed by atoms with van der Waals surface area (Å²) in [6.45, 7) is 1.34. The van der Waals surface area contributed by atoms with Gasteiger partial charge in [-0.3, -0.25) is 4.79 Å².